The predicted octanol–water partition coefficient (Wildman–Crippen LogP) is 2.38. The molecule has 0 atom stereocenters. The van der Waals surface area contributed by atoms with Crippen molar-refractivity contribution in [3.8, 4) is 5.75 Å². The van der Waals surface area contributed by atoms with Crippen molar-refractivity contribution in [3.05, 3.63) is 23.3 Å². The molecule has 1 rings (SSSR count). The summed E-state index contributed by atoms with van der Waals surface area (Å²) >= 11 is 0. The third-order valence-corrected chi connectivity index (χ3v) is 1.75. The van der Waals surface area contributed by atoms with Crippen molar-refractivity contribution >= 4 is 5.97 Å². The van der Waals surface area contributed by atoms with Gasteiger partial charge in [0.05, 0.1) is 7.11 Å². The molecule has 0 amide bonds. The summed E-state index contributed by atoms with van der Waals surface area (Å²) in [6.45, 7) is -1.46. The molecule has 0 unspecified atom stereocenters. The lowest BCUT2D eigenvalue weighted by Gasteiger charge is -2.12. The molecule has 0 fully saturated rings. The zero-order valence-corrected chi connectivity index (χ0v) is 8.85. The van der Waals surface area contributed by atoms with E-state index in [4.69, 9.17) is 0 Å². The quantitative estimate of drug-likeness (QED) is 0.625. The Hall–Kier alpha value is -1.93. The number of methoxy groups -OCH3 is 1. The molecule has 0 aliphatic carbocycles. The second kappa shape index (κ2) is 5.15. The fourth-order valence-electron chi connectivity index (χ4n) is 1.06. The van der Waals surface area contributed by atoms with Gasteiger partial charge in [0.2, 0.25) is 0 Å². The number of pyridine rings is 1. The van der Waals surface area contributed by atoms with E-state index in [1.165, 1.54) is 0 Å². The molecule has 100 valence electrons. The Balaban J connectivity index is 3.23. The van der Waals surface area contributed by atoms with Crippen LogP contribution in [0.4, 0.5) is 22.0 Å². The maximum absolute atomic E-state index is 13.2. The van der Waals surface area contributed by atoms with Gasteiger partial charge >= 0.3 is 12.3 Å². The van der Waals surface area contributed by atoms with Gasteiger partial charge in [-0.1, -0.05) is 0 Å². The second-order valence-corrected chi connectivity index (χ2v) is 2.94. The Morgan fingerprint density at radius 1 is 1.44 bits per heavy atom. The van der Waals surface area contributed by atoms with Crippen molar-refractivity contribution < 1.29 is 36.2 Å². The minimum absolute atomic E-state index is 0.224. The lowest BCUT2D eigenvalue weighted by Crippen LogP contribution is -2.19. The zero-order chi connectivity index (χ0) is 13.9. The van der Waals surface area contributed by atoms with E-state index in [1.807, 2.05) is 0 Å². The zero-order valence-electron chi connectivity index (χ0n) is 8.85. The summed E-state index contributed by atoms with van der Waals surface area (Å²) in [6, 6.07) is 0.224. The lowest BCUT2D eigenvalue weighted by atomic mass is 10.2. The Morgan fingerprint density at radius 2 is 2.06 bits per heavy atom. The number of hydrogen-bond acceptors (Lipinski definition) is 4. The average Bonchev–Trinajstić information content (AvgIpc) is 2.26. The number of nitrogens with zero attached hydrogens (tertiary/aromatic N) is 1. The minimum Gasteiger partial charge on any atom is -0.464 e. The molecule has 0 aliphatic rings. The molecule has 9 heteroatoms. The molecule has 0 saturated heterocycles. The number of carbonyl (C=O) groups is 1. The molecule has 0 radical (unpaired) electrons. The maximum Gasteiger partial charge on any atom is 0.573 e. The lowest BCUT2D eigenvalue weighted by molar-refractivity contribution is -0.275. The molecule has 18 heavy (non-hydrogen) atoms. The van der Waals surface area contributed by atoms with Crippen LogP contribution in [-0.2, 0) is 11.4 Å². The molecule has 1 aromatic rings. The first-order valence-corrected chi connectivity index (χ1v) is 4.38. The van der Waals surface area contributed by atoms with E-state index in [9.17, 15) is 26.7 Å². The number of rotatable bonds is 3. The van der Waals surface area contributed by atoms with E-state index >= 15 is 0 Å². The molecular formula is C9H6F5NO3. The minimum atomic E-state index is -5.12. The van der Waals surface area contributed by atoms with Crippen molar-refractivity contribution in [2.45, 2.75) is 13.0 Å². The van der Waals surface area contributed by atoms with Crippen LogP contribution in [0.15, 0.2) is 6.07 Å². The van der Waals surface area contributed by atoms with Gasteiger partial charge < -0.3 is 9.47 Å². The molecule has 0 bridgehead atoms. The number of aromatic nitrogens is 1. The van der Waals surface area contributed by atoms with Crippen molar-refractivity contribution in [1.82, 2.24) is 4.98 Å². The van der Waals surface area contributed by atoms with E-state index in [0.717, 1.165) is 7.11 Å². The van der Waals surface area contributed by atoms with Crippen LogP contribution in [0, 0.1) is 5.82 Å². The van der Waals surface area contributed by atoms with Crippen LogP contribution in [0.25, 0.3) is 0 Å². The van der Waals surface area contributed by atoms with Gasteiger partial charge in [-0.25, -0.2) is 18.6 Å². The first-order valence-electron chi connectivity index (χ1n) is 4.38. The molecule has 1 aromatic heterocycles. The summed E-state index contributed by atoms with van der Waals surface area (Å²) in [7, 11) is 0.915. The Labute approximate surface area is 97.3 Å². The van der Waals surface area contributed by atoms with Crippen LogP contribution in [0.2, 0.25) is 0 Å². The van der Waals surface area contributed by atoms with Crippen LogP contribution in [0.1, 0.15) is 16.2 Å². The topological polar surface area (TPSA) is 48.4 Å². The van der Waals surface area contributed by atoms with E-state index < -0.39 is 42.0 Å². The molecule has 0 spiro atoms. The molecule has 1 heterocycles. The third-order valence-electron chi connectivity index (χ3n) is 1.75. The normalized spacial score (nSPS) is 11.2. The standard InChI is InChI=1S/C9H6F5NO3/c1-17-8(16)7-4(11)2-6(5(3-10)15-7)18-9(12,13)14/h2H,3H2,1H3. The second-order valence-electron chi connectivity index (χ2n) is 2.94. The van der Waals surface area contributed by atoms with Crippen molar-refractivity contribution in [3.63, 3.8) is 0 Å². The monoisotopic (exact) mass is 271 g/mol. The highest BCUT2D eigenvalue weighted by Gasteiger charge is 2.33. The van der Waals surface area contributed by atoms with Gasteiger partial charge in [0.25, 0.3) is 0 Å². The number of esters is 1. The molecule has 0 aliphatic heterocycles. The number of alkyl halides is 4. The SMILES string of the molecule is COC(=O)c1nc(CF)c(OC(F)(F)F)cc1F. The van der Waals surface area contributed by atoms with Gasteiger partial charge in [0.1, 0.15) is 12.4 Å². The fraction of sp³-hybridized carbons (Fsp3) is 0.333. The van der Waals surface area contributed by atoms with Gasteiger partial charge in [-0.3, -0.25) is 0 Å². The summed E-state index contributed by atoms with van der Waals surface area (Å²) < 4.78 is 69.0. The largest absolute Gasteiger partial charge is 0.573 e. The summed E-state index contributed by atoms with van der Waals surface area (Å²) in [5, 5.41) is 0. The predicted molar refractivity (Wildman–Crippen MR) is 47.0 cm³/mol. The van der Waals surface area contributed by atoms with Crippen LogP contribution < -0.4 is 4.74 Å². The number of carbonyl (C=O) groups excluding carboxylic acids is 1. The third kappa shape index (κ3) is 3.28. The first-order chi connectivity index (χ1) is 8.28. The van der Waals surface area contributed by atoms with Gasteiger partial charge in [-0.2, -0.15) is 0 Å². The van der Waals surface area contributed by atoms with Crippen LogP contribution >= 0.6 is 0 Å². The first kappa shape index (κ1) is 14.1. The highest BCUT2D eigenvalue weighted by Crippen LogP contribution is 2.27. The summed E-state index contributed by atoms with van der Waals surface area (Å²) in [6.07, 6.45) is -5.12. The van der Waals surface area contributed by atoms with Gasteiger partial charge in [-0.05, 0) is 0 Å². The van der Waals surface area contributed by atoms with Gasteiger partial charge in [0.15, 0.2) is 17.3 Å². The molecular weight excluding hydrogens is 265 g/mol. The summed E-state index contributed by atoms with van der Waals surface area (Å²) in [5.41, 5.74) is -1.77. The van der Waals surface area contributed by atoms with Gasteiger partial charge in [0, 0.05) is 6.07 Å². The van der Waals surface area contributed by atoms with Gasteiger partial charge in [-0.15, -0.1) is 13.2 Å². The average molecular weight is 271 g/mol. The summed E-state index contributed by atoms with van der Waals surface area (Å²) in [4.78, 5) is 14.1. The number of ether oxygens (including phenoxy) is 2. The summed E-state index contributed by atoms with van der Waals surface area (Å²) in [5.74, 6) is -3.78. The highest BCUT2D eigenvalue weighted by atomic mass is 19.4. The Morgan fingerprint density at radius 3 is 2.50 bits per heavy atom. The van der Waals surface area contributed by atoms with Crippen molar-refractivity contribution in [2.75, 3.05) is 7.11 Å². The van der Waals surface area contributed by atoms with Crippen LogP contribution in [0.3, 0.4) is 0 Å². The fourth-order valence-corrected chi connectivity index (χ4v) is 1.06. The van der Waals surface area contributed by atoms with E-state index in [0.29, 0.717) is 0 Å². The molecule has 0 N–H and O–H groups in total. The molecule has 4 nitrogen and oxygen atoms in total. The van der Waals surface area contributed by atoms with Crippen molar-refractivity contribution in [1.29, 1.82) is 0 Å². The van der Waals surface area contributed by atoms with E-state index in [1.54, 1.807) is 0 Å². The van der Waals surface area contributed by atoms with Crippen LogP contribution in [-0.4, -0.2) is 24.4 Å². The van der Waals surface area contributed by atoms with Crippen LogP contribution in [0.5, 0.6) is 5.75 Å². The highest BCUT2D eigenvalue weighted by molar-refractivity contribution is 5.87. The van der Waals surface area contributed by atoms with E-state index in [-0.39, 0.29) is 6.07 Å². The van der Waals surface area contributed by atoms with Crippen molar-refractivity contribution in [2.24, 2.45) is 0 Å². The smallest absolute Gasteiger partial charge is 0.464 e. The number of halogens is 5. The Kier molecular flexibility index (Phi) is 4.04. The van der Waals surface area contributed by atoms with E-state index in [2.05, 4.69) is 14.5 Å². The molecule has 0 saturated carbocycles. The number of hydrogen-bond donors (Lipinski definition) is 0. The maximum atomic E-state index is 13.2. The molecule has 0 aromatic carbocycles. The Bertz CT molecular complexity index is 460.